The van der Waals surface area contributed by atoms with E-state index in [4.69, 9.17) is 4.74 Å². The highest BCUT2D eigenvalue weighted by Gasteiger charge is 2.37. The summed E-state index contributed by atoms with van der Waals surface area (Å²) >= 11 is 0. The summed E-state index contributed by atoms with van der Waals surface area (Å²) in [5, 5.41) is 18.4. The van der Waals surface area contributed by atoms with Gasteiger partial charge in [-0.3, -0.25) is 10.00 Å². The fraction of sp³-hybridized carbons (Fsp3) is 0.882. The van der Waals surface area contributed by atoms with E-state index in [2.05, 4.69) is 27.0 Å². The molecule has 6 nitrogen and oxygen atoms in total. The Balaban J connectivity index is 1.68. The lowest BCUT2D eigenvalue weighted by atomic mass is 9.79. The third-order valence-corrected chi connectivity index (χ3v) is 5.44. The topological polar surface area (TPSA) is 74.3 Å². The van der Waals surface area contributed by atoms with Crippen molar-refractivity contribution in [2.24, 2.45) is 5.92 Å². The molecule has 1 atom stereocenters. The second-order valence-corrected chi connectivity index (χ2v) is 7.46. The minimum atomic E-state index is -0.534. The fourth-order valence-corrected chi connectivity index (χ4v) is 3.97. The number of aliphatic hydroxyl groups is 1. The molecule has 0 amide bonds. The lowest BCUT2D eigenvalue weighted by molar-refractivity contribution is -0.0508. The molecule has 0 radical (unpaired) electrons. The summed E-state index contributed by atoms with van der Waals surface area (Å²) in [7, 11) is 1.66. The third kappa shape index (κ3) is 4.11. The summed E-state index contributed by atoms with van der Waals surface area (Å²) in [6, 6.07) is 0.217. The number of piperidine rings is 1. The molecule has 1 aromatic rings. The van der Waals surface area contributed by atoms with Crippen LogP contribution in [0.15, 0.2) is 0 Å². The zero-order valence-corrected chi connectivity index (χ0v) is 14.4. The van der Waals surface area contributed by atoms with Crippen LogP contribution in [0.2, 0.25) is 0 Å². The van der Waals surface area contributed by atoms with E-state index in [0.29, 0.717) is 6.61 Å². The van der Waals surface area contributed by atoms with Gasteiger partial charge < -0.3 is 9.84 Å². The van der Waals surface area contributed by atoms with Gasteiger partial charge in [0.1, 0.15) is 6.61 Å². The number of nitrogens with one attached hydrogen (secondary N) is 1. The van der Waals surface area contributed by atoms with Crippen molar-refractivity contribution in [1.82, 2.24) is 20.1 Å². The Morgan fingerprint density at radius 1 is 1.30 bits per heavy atom. The maximum absolute atomic E-state index is 11.0. The Morgan fingerprint density at radius 2 is 2.09 bits per heavy atom. The van der Waals surface area contributed by atoms with E-state index in [1.807, 2.05) is 0 Å². The first-order valence-corrected chi connectivity index (χ1v) is 8.96. The predicted molar refractivity (Wildman–Crippen MR) is 87.8 cm³/mol. The molecule has 1 aliphatic carbocycles. The van der Waals surface area contributed by atoms with Crippen LogP contribution in [0.25, 0.3) is 0 Å². The molecule has 2 fully saturated rings. The molecular formula is C17H30N4O2. The normalized spacial score (nSPS) is 33.0. The maximum Gasteiger partial charge on any atom is 0.167 e. The lowest BCUT2D eigenvalue weighted by Crippen LogP contribution is -2.48. The highest BCUT2D eigenvalue weighted by molar-refractivity contribution is 5.00. The first kappa shape index (κ1) is 16.9. The van der Waals surface area contributed by atoms with Crippen LogP contribution in [0.1, 0.15) is 69.6 Å². The highest BCUT2D eigenvalue weighted by Crippen LogP contribution is 2.36. The molecule has 1 saturated carbocycles. The van der Waals surface area contributed by atoms with Crippen molar-refractivity contribution >= 4 is 0 Å². The lowest BCUT2D eigenvalue weighted by Gasteiger charge is -2.42. The maximum atomic E-state index is 11.0. The molecule has 1 aromatic heterocycles. The SMILES string of the molecule is COCc1nc(C2CCCCN2CC2(O)CCC(C)CC2)n[nH]1. The van der Waals surface area contributed by atoms with E-state index < -0.39 is 5.60 Å². The molecule has 130 valence electrons. The molecule has 2 aliphatic rings. The fourth-order valence-electron chi connectivity index (χ4n) is 3.97. The van der Waals surface area contributed by atoms with Crippen molar-refractivity contribution in [3.63, 3.8) is 0 Å². The first-order chi connectivity index (χ1) is 11.1. The number of likely N-dealkylation sites (tertiary alicyclic amines) is 1. The summed E-state index contributed by atoms with van der Waals surface area (Å²) in [6.45, 7) is 4.52. The second-order valence-electron chi connectivity index (χ2n) is 7.46. The van der Waals surface area contributed by atoms with Crippen LogP contribution in [0.4, 0.5) is 0 Å². The average molecular weight is 322 g/mol. The minimum Gasteiger partial charge on any atom is -0.389 e. The quantitative estimate of drug-likeness (QED) is 0.871. The van der Waals surface area contributed by atoms with Crippen LogP contribution in [0.3, 0.4) is 0 Å². The van der Waals surface area contributed by atoms with Gasteiger partial charge in [0.2, 0.25) is 0 Å². The van der Waals surface area contributed by atoms with Gasteiger partial charge in [0.15, 0.2) is 11.6 Å². The molecule has 1 saturated heterocycles. The van der Waals surface area contributed by atoms with E-state index in [9.17, 15) is 5.11 Å². The van der Waals surface area contributed by atoms with E-state index in [1.165, 1.54) is 12.8 Å². The van der Waals surface area contributed by atoms with E-state index in [-0.39, 0.29) is 6.04 Å². The Bertz CT molecular complexity index is 497. The van der Waals surface area contributed by atoms with Crippen molar-refractivity contribution in [3.05, 3.63) is 11.6 Å². The minimum absolute atomic E-state index is 0.217. The Hall–Kier alpha value is -0.980. The zero-order chi connectivity index (χ0) is 16.3. The molecule has 3 rings (SSSR count). The molecule has 0 bridgehead atoms. The van der Waals surface area contributed by atoms with Gasteiger partial charge in [-0.2, -0.15) is 5.10 Å². The van der Waals surface area contributed by atoms with Gasteiger partial charge >= 0.3 is 0 Å². The number of hydrogen-bond acceptors (Lipinski definition) is 5. The molecule has 1 aliphatic heterocycles. The van der Waals surface area contributed by atoms with Crippen LogP contribution in [0.5, 0.6) is 0 Å². The monoisotopic (exact) mass is 322 g/mol. The Labute approximate surface area is 138 Å². The third-order valence-electron chi connectivity index (χ3n) is 5.44. The van der Waals surface area contributed by atoms with Gasteiger partial charge in [0, 0.05) is 13.7 Å². The largest absolute Gasteiger partial charge is 0.389 e. The van der Waals surface area contributed by atoms with Crippen LogP contribution in [-0.2, 0) is 11.3 Å². The first-order valence-electron chi connectivity index (χ1n) is 8.96. The predicted octanol–water partition coefficient (Wildman–Crippen LogP) is 2.42. The summed E-state index contributed by atoms with van der Waals surface area (Å²) in [5.74, 6) is 2.37. The number of hydrogen-bond donors (Lipinski definition) is 2. The smallest absolute Gasteiger partial charge is 0.167 e. The van der Waals surface area contributed by atoms with E-state index in [1.54, 1.807) is 7.11 Å². The number of ether oxygens (including phenoxy) is 1. The number of nitrogens with zero attached hydrogens (tertiary/aromatic N) is 3. The summed E-state index contributed by atoms with van der Waals surface area (Å²) in [5.41, 5.74) is -0.534. The molecule has 2 heterocycles. The average Bonchev–Trinajstić information content (AvgIpc) is 3.00. The van der Waals surface area contributed by atoms with Crippen molar-refractivity contribution < 1.29 is 9.84 Å². The van der Waals surface area contributed by atoms with Crippen LogP contribution in [0, 0.1) is 5.92 Å². The van der Waals surface area contributed by atoms with Gasteiger partial charge in [-0.15, -0.1) is 0 Å². The number of aromatic nitrogens is 3. The van der Waals surface area contributed by atoms with E-state index >= 15 is 0 Å². The van der Waals surface area contributed by atoms with Crippen LogP contribution in [-0.4, -0.2) is 51.0 Å². The Kier molecular flexibility index (Phi) is 5.34. The standard InChI is InChI=1S/C17H30N4O2/c1-13-6-8-17(22,9-7-13)12-21-10-4-3-5-14(21)16-18-15(11-23-2)19-20-16/h13-14,22H,3-12H2,1-2H3,(H,18,19,20). The number of methoxy groups -OCH3 is 1. The van der Waals surface area contributed by atoms with Crippen molar-refractivity contribution in [1.29, 1.82) is 0 Å². The summed E-state index contributed by atoms with van der Waals surface area (Å²) in [4.78, 5) is 6.99. The molecule has 2 N–H and O–H groups in total. The van der Waals surface area contributed by atoms with Crippen LogP contribution >= 0.6 is 0 Å². The molecule has 23 heavy (non-hydrogen) atoms. The molecule has 6 heteroatoms. The van der Waals surface area contributed by atoms with Crippen LogP contribution < -0.4 is 0 Å². The van der Waals surface area contributed by atoms with Gasteiger partial charge in [-0.05, 0) is 51.0 Å². The summed E-state index contributed by atoms with van der Waals surface area (Å²) < 4.78 is 5.12. The molecule has 0 aromatic carbocycles. The second kappa shape index (κ2) is 7.28. The van der Waals surface area contributed by atoms with Gasteiger partial charge in [-0.1, -0.05) is 13.3 Å². The number of aromatic amines is 1. The zero-order valence-electron chi connectivity index (χ0n) is 14.4. The molecular weight excluding hydrogens is 292 g/mol. The number of rotatable bonds is 5. The van der Waals surface area contributed by atoms with Crippen molar-refractivity contribution in [2.75, 3.05) is 20.2 Å². The molecule has 0 spiro atoms. The van der Waals surface area contributed by atoms with E-state index in [0.717, 1.165) is 62.8 Å². The Morgan fingerprint density at radius 3 is 2.83 bits per heavy atom. The summed E-state index contributed by atoms with van der Waals surface area (Å²) in [6.07, 6.45) is 7.56. The number of β-amino-alcohol motifs (C(OH)–C–C–N with tert-alkyl or cyclic N) is 1. The van der Waals surface area contributed by atoms with Gasteiger partial charge in [0.25, 0.3) is 0 Å². The van der Waals surface area contributed by atoms with Crippen molar-refractivity contribution in [3.8, 4) is 0 Å². The van der Waals surface area contributed by atoms with Gasteiger partial charge in [0.05, 0.1) is 11.6 Å². The molecule has 1 unspecified atom stereocenters. The number of H-pyrrole nitrogens is 1. The van der Waals surface area contributed by atoms with Gasteiger partial charge in [-0.25, -0.2) is 4.98 Å². The van der Waals surface area contributed by atoms with Crippen molar-refractivity contribution in [2.45, 2.75) is 70.1 Å². The highest BCUT2D eigenvalue weighted by atomic mass is 16.5.